The van der Waals surface area contributed by atoms with E-state index in [4.69, 9.17) is 24.2 Å². The molecule has 2 saturated heterocycles. The molecule has 1 aliphatic carbocycles. The van der Waals surface area contributed by atoms with E-state index in [1.807, 2.05) is 42.8 Å². The third-order valence-electron chi connectivity index (χ3n) is 13.0. The third-order valence-corrected chi connectivity index (χ3v) is 13.0. The molecule has 0 spiro atoms. The molecule has 5 heterocycles. The fraction of sp³-hybridized carbons (Fsp3) is 0.467. The Kier molecular flexibility index (Phi) is 10.2. The Hall–Kier alpha value is -6.12. The van der Waals surface area contributed by atoms with Crippen LogP contribution in [0.15, 0.2) is 48.7 Å². The van der Waals surface area contributed by atoms with Crippen LogP contribution in [0.25, 0.3) is 44.2 Å². The zero-order valence-electron chi connectivity index (χ0n) is 34.8. The Balaban J connectivity index is 0.965. The normalized spacial score (nSPS) is 22.0. The molecule has 4 N–H and O–H groups in total. The number of H-pyrrole nitrogens is 2. The molecule has 4 amide bonds. The van der Waals surface area contributed by atoms with Gasteiger partial charge >= 0.3 is 12.2 Å². The van der Waals surface area contributed by atoms with Crippen LogP contribution in [-0.4, -0.2) is 92.1 Å². The lowest BCUT2D eigenvalue weighted by atomic mass is 9.92. The molecule has 15 heteroatoms. The van der Waals surface area contributed by atoms with E-state index in [1.165, 1.54) is 14.2 Å². The monoisotopic (exact) mass is 816 g/mol. The van der Waals surface area contributed by atoms with E-state index < -0.39 is 24.3 Å². The van der Waals surface area contributed by atoms with Gasteiger partial charge in [-0.05, 0) is 111 Å². The molecule has 6 atom stereocenters. The fourth-order valence-electron chi connectivity index (χ4n) is 9.56. The van der Waals surface area contributed by atoms with Crippen molar-refractivity contribution >= 4 is 45.8 Å². The minimum absolute atomic E-state index is 0.00229. The van der Waals surface area contributed by atoms with Crippen molar-refractivity contribution < 1.29 is 33.4 Å². The first-order valence-electron chi connectivity index (χ1n) is 21.0. The number of carbonyl (C=O) groups is 4. The topological polar surface area (TPSA) is 184 Å². The Bertz CT molecular complexity index is 2510. The second-order valence-electron chi connectivity index (χ2n) is 17.2. The highest BCUT2D eigenvalue weighted by atomic mass is 16.5. The van der Waals surface area contributed by atoms with E-state index in [-0.39, 0.29) is 47.8 Å². The summed E-state index contributed by atoms with van der Waals surface area (Å²) >= 11 is 0. The van der Waals surface area contributed by atoms with Crippen molar-refractivity contribution in [2.24, 2.45) is 11.8 Å². The molecule has 5 aromatic rings. The highest BCUT2D eigenvalue weighted by Crippen LogP contribution is 2.45. The van der Waals surface area contributed by atoms with Crippen LogP contribution in [0.3, 0.4) is 0 Å². The number of aromatic amines is 2. The van der Waals surface area contributed by atoms with Gasteiger partial charge < -0.3 is 44.6 Å². The lowest BCUT2D eigenvalue weighted by Gasteiger charge is -2.32. The number of alkyl carbamates (subject to hydrolysis) is 2. The molecular formula is C45H52N8O7. The van der Waals surface area contributed by atoms with Crippen molar-refractivity contribution in [3.8, 4) is 28.1 Å². The van der Waals surface area contributed by atoms with Crippen LogP contribution in [0.2, 0.25) is 0 Å². The largest absolute Gasteiger partial charge is 0.488 e. The van der Waals surface area contributed by atoms with Crippen molar-refractivity contribution in [1.82, 2.24) is 40.4 Å². The van der Waals surface area contributed by atoms with Crippen LogP contribution >= 0.6 is 0 Å². The predicted molar refractivity (Wildman–Crippen MR) is 224 cm³/mol. The lowest BCUT2D eigenvalue weighted by molar-refractivity contribution is -0.138. The van der Waals surface area contributed by atoms with Gasteiger partial charge in [-0.1, -0.05) is 32.0 Å². The van der Waals surface area contributed by atoms with Crippen molar-refractivity contribution in [3.05, 3.63) is 65.9 Å². The molecular weight excluding hydrogens is 765 g/mol. The number of likely N-dealkylation sites (tertiary alicyclic amines) is 2. The summed E-state index contributed by atoms with van der Waals surface area (Å²) in [6.45, 7) is 8.29. The average molecular weight is 817 g/mol. The van der Waals surface area contributed by atoms with E-state index in [2.05, 4.69) is 63.9 Å². The second kappa shape index (κ2) is 15.5. The number of carbonyl (C=O) groups excluding carboxylic acids is 4. The number of nitrogens with one attached hydrogen (secondary N) is 4. The first kappa shape index (κ1) is 39.3. The molecule has 314 valence electrons. The number of ether oxygens (including phenoxy) is 3. The van der Waals surface area contributed by atoms with Crippen molar-refractivity contribution in [2.75, 3.05) is 14.2 Å². The van der Waals surface area contributed by atoms with Gasteiger partial charge in [-0.2, -0.15) is 0 Å². The maximum absolute atomic E-state index is 14.0. The highest BCUT2D eigenvalue weighted by Gasteiger charge is 2.46. The maximum atomic E-state index is 14.0. The summed E-state index contributed by atoms with van der Waals surface area (Å²) in [7, 11) is 2.61. The summed E-state index contributed by atoms with van der Waals surface area (Å²) in [5.74, 6) is 1.98. The smallest absolute Gasteiger partial charge is 0.407 e. The molecule has 15 nitrogen and oxygen atoms in total. The Morgan fingerprint density at radius 2 is 1.50 bits per heavy atom. The summed E-state index contributed by atoms with van der Waals surface area (Å²) < 4.78 is 16.1. The van der Waals surface area contributed by atoms with Gasteiger partial charge in [-0.15, -0.1) is 0 Å². The summed E-state index contributed by atoms with van der Waals surface area (Å²) in [6, 6.07) is 12.8. The van der Waals surface area contributed by atoms with Gasteiger partial charge in [0.05, 0.1) is 49.2 Å². The summed E-state index contributed by atoms with van der Waals surface area (Å²) in [4.78, 5) is 72.8. The summed E-state index contributed by atoms with van der Waals surface area (Å²) in [6.07, 6.45) is 5.58. The second-order valence-corrected chi connectivity index (χ2v) is 17.2. The molecule has 9 rings (SSSR count). The SMILES string of the molecule is COC(=O)N[C@H](C(=O)N1[C@@H](C)CC[C@H]1c1ncc(-c2ccc3c(c2)COc2cc4c(ccc5nc([C@@H]6CC[C@H](C)N6C(=O)[C@@H](NC(=O)OC)C6CC6)[nH]c54)cc2-3)[nH]1)C(C)C. The quantitative estimate of drug-likeness (QED) is 0.119. The minimum atomic E-state index is -0.716. The van der Waals surface area contributed by atoms with Gasteiger partial charge in [0.15, 0.2) is 0 Å². The van der Waals surface area contributed by atoms with E-state index in [9.17, 15) is 19.2 Å². The van der Waals surface area contributed by atoms with E-state index >= 15 is 0 Å². The van der Waals surface area contributed by atoms with Gasteiger partial charge in [0.25, 0.3) is 0 Å². The zero-order valence-corrected chi connectivity index (χ0v) is 34.8. The number of imidazole rings is 2. The van der Waals surface area contributed by atoms with Crippen LogP contribution in [0.4, 0.5) is 9.59 Å². The van der Waals surface area contributed by atoms with Gasteiger partial charge in [-0.3, -0.25) is 9.59 Å². The third kappa shape index (κ3) is 6.96. The Morgan fingerprint density at radius 1 is 0.800 bits per heavy atom. The first-order valence-corrected chi connectivity index (χ1v) is 21.0. The molecule has 1 saturated carbocycles. The molecule has 3 aliphatic heterocycles. The number of benzene rings is 3. The number of nitrogens with zero attached hydrogens (tertiary/aromatic N) is 4. The number of rotatable bonds is 9. The van der Waals surface area contributed by atoms with Crippen LogP contribution in [-0.2, 0) is 25.7 Å². The van der Waals surface area contributed by atoms with E-state index in [0.717, 1.165) is 99.9 Å². The van der Waals surface area contributed by atoms with Crippen LogP contribution < -0.4 is 15.4 Å². The molecule has 60 heavy (non-hydrogen) atoms. The molecule has 0 bridgehead atoms. The van der Waals surface area contributed by atoms with Crippen LogP contribution in [0.5, 0.6) is 5.75 Å². The average Bonchev–Trinajstić information content (AvgIpc) is 3.54. The van der Waals surface area contributed by atoms with Crippen LogP contribution in [0, 0.1) is 11.8 Å². The molecule has 2 aromatic heterocycles. The molecule has 3 fully saturated rings. The fourth-order valence-corrected chi connectivity index (χ4v) is 9.56. The van der Waals surface area contributed by atoms with Gasteiger partial charge in [0.1, 0.15) is 36.1 Å². The highest BCUT2D eigenvalue weighted by molar-refractivity contribution is 6.07. The van der Waals surface area contributed by atoms with Gasteiger partial charge in [0.2, 0.25) is 11.8 Å². The first-order chi connectivity index (χ1) is 28.9. The maximum Gasteiger partial charge on any atom is 0.407 e. The lowest BCUT2D eigenvalue weighted by Crippen LogP contribution is -2.52. The number of hydrogen-bond donors (Lipinski definition) is 4. The van der Waals surface area contributed by atoms with Gasteiger partial charge in [0, 0.05) is 23.0 Å². The van der Waals surface area contributed by atoms with Crippen molar-refractivity contribution in [2.45, 2.75) is 109 Å². The minimum Gasteiger partial charge on any atom is -0.488 e. The van der Waals surface area contributed by atoms with E-state index in [0.29, 0.717) is 12.4 Å². The molecule has 0 radical (unpaired) electrons. The Labute approximate surface area is 347 Å². The number of hydrogen-bond acceptors (Lipinski definition) is 9. The van der Waals surface area contributed by atoms with Crippen molar-refractivity contribution in [3.63, 3.8) is 0 Å². The molecule has 0 unspecified atom stereocenters. The molecule has 4 aliphatic rings. The number of fused-ring (bicyclic) bond motifs is 6. The summed E-state index contributed by atoms with van der Waals surface area (Å²) in [5.41, 5.74) is 6.64. The van der Waals surface area contributed by atoms with Crippen molar-refractivity contribution in [1.29, 1.82) is 0 Å². The molecule has 3 aromatic carbocycles. The standard InChI is InChI=1S/C45H52N8O7/c1-22(2)37(50-44(56)58-5)42(54)52-23(3)7-15-34(52)40-46-20-33(48-40)27-11-13-29-28(17-27)21-60-36-19-30-26(18-31(29)36)12-14-32-39(30)49-41(47-32)35-16-8-24(4)53(35)43(55)38(25-9-10-25)51-45(57)59-6/h11-14,17-20,22-25,34-35,37-38H,7-10,15-16,21H2,1-6H3,(H,46,48)(H,47,49)(H,50,56)(H,51,57)/t23-,24-,34-,35-,37-,38-/m0/s1. The van der Waals surface area contributed by atoms with E-state index in [1.54, 1.807) is 0 Å². The van der Waals surface area contributed by atoms with Crippen LogP contribution in [0.1, 0.15) is 95.5 Å². The van der Waals surface area contributed by atoms with Gasteiger partial charge in [-0.25, -0.2) is 19.6 Å². The predicted octanol–water partition coefficient (Wildman–Crippen LogP) is 7.28. The number of amides is 4. The zero-order chi connectivity index (χ0) is 42.0. The number of aromatic nitrogens is 4. The Morgan fingerprint density at radius 3 is 2.20 bits per heavy atom. The number of methoxy groups -OCH3 is 2. The summed E-state index contributed by atoms with van der Waals surface area (Å²) in [5, 5.41) is 7.54.